The molecule has 0 fully saturated rings. The van der Waals surface area contributed by atoms with Crippen LogP contribution in [0, 0.1) is 0 Å². The molecule has 108 valence electrons. The Morgan fingerprint density at radius 2 is 2.19 bits per heavy atom. The zero-order valence-electron chi connectivity index (χ0n) is 11.1. The summed E-state index contributed by atoms with van der Waals surface area (Å²) >= 11 is 1.41. The smallest absolute Gasteiger partial charge is 0.183 e. The highest BCUT2D eigenvalue weighted by Crippen LogP contribution is 2.34. The van der Waals surface area contributed by atoms with Gasteiger partial charge in [-0.2, -0.15) is 0 Å². The van der Waals surface area contributed by atoms with Crippen molar-refractivity contribution in [1.82, 2.24) is 4.98 Å². The van der Waals surface area contributed by atoms with Crippen LogP contribution >= 0.6 is 11.3 Å². The van der Waals surface area contributed by atoms with Crippen LogP contribution < -0.4 is 5.32 Å². The summed E-state index contributed by atoms with van der Waals surface area (Å²) in [7, 11) is 0. The van der Waals surface area contributed by atoms with Gasteiger partial charge in [-0.25, -0.2) is 4.98 Å². The molecule has 0 bridgehead atoms. The first-order valence-electron chi connectivity index (χ1n) is 6.54. The van der Waals surface area contributed by atoms with Crippen LogP contribution in [0.25, 0.3) is 11.3 Å². The van der Waals surface area contributed by atoms with Crippen molar-refractivity contribution in [3.63, 3.8) is 0 Å². The summed E-state index contributed by atoms with van der Waals surface area (Å²) in [4.78, 5) is 15.8. The lowest BCUT2D eigenvalue weighted by molar-refractivity contribution is -0.118. The second kappa shape index (κ2) is 5.57. The Kier molecular flexibility index (Phi) is 3.62. The molecule has 1 aliphatic carbocycles. The van der Waals surface area contributed by atoms with Crippen molar-refractivity contribution in [3.05, 3.63) is 35.7 Å². The minimum Gasteiger partial charge on any atom is -0.508 e. The number of thiazole rings is 1. The predicted molar refractivity (Wildman–Crippen MR) is 81.7 cm³/mol. The lowest BCUT2D eigenvalue weighted by Crippen LogP contribution is -2.23. The Morgan fingerprint density at radius 1 is 1.33 bits per heavy atom. The van der Waals surface area contributed by atoms with Gasteiger partial charge in [-0.1, -0.05) is 12.2 Å². The van der Waals surface area contributed by atoms with Gasteiger partial charge in [-0.3, -0.25) is 4.79 Å². The molecule has 1 atom stereocenters. The highest BCUT2D eigenvalue weighted by molar-refractivity contribution is 7.14. The number of aromatic hydroxyl groups is 2. The van der Waals surface area contributed by atoms with E-state index in [0.29, 0.717) is 29.2 Å². The standard InChI is InChI=1S/C15H14N2O3S/c18-10-3-1-2-9(6-10)16-15-17-13(8-21-15)12-5-4-11(19)7-14(12)20/h1-2,4-5,7-9,19-20H,3,6H2,(H,16,17). The number of nitrogens with zero attached hydrogens (tertiary/aromatic N) is 1. The number of hydrogen-bond donors (Lipinski definition) is 3. The van der Waals surface area contributed by atoms with Crippen molar-refractivity contribution < 1.29 is 15.0 Å². The number of phenolic OH excluding ortho intramolecular Hbond substituents is 2. The van der Waals surface area contributed by atoms with Crippen LogP contribution in [0.2, 0.25) is 0 Å². The average molecular weight is 302 g/mol. The van der Waals surface area contributed by atoms with E-state index in [-0.39, 0.29) is 23.3 Å². The van der Waals surface area contributed by atoms with E-state index in [4.69, 9.17) is 0 Å². The largest absolute Gasteiger partial charge is 0.508 e. The Labute approximate surface area is 125 Å². The van der Waals surface area contributed by atoms with Crippen LogP contribution in [-0.4, -0.2) is 27.0 Å². The first kappa shape index (κ1) is 13.6. The molecule has 3 rings (SSSR count). The fourth-order valence-electron chi connectivity index (χ4n) is 2.22. The lowest BCUT2D eigenvalue weighted by atomic mass is 10.0. The molecule has 3 N–H and O–H groups in total. The lowest BCUT2D eigenvalue weighted by Gasteiger charge is -2.16. The van der Waals surface area contributed by atoms with E-state index in [1.807, 2.05) is 17.5 Å². The third kappa shape index (κ3) is 3.05. The maximum atomic E-state index is 11.4. The van der Waals surface area contributed by atoms with Crippen molar-refractivity contribution in [2.75, 3.05) is 5.32 Å². The van der Waals surface area contributed by atoms with Gasteiger partial charge in [-0.15, -0.1) is 11.3 Å². The van der Waals surface area contributed by atoms with Crippen LogP contribution in [-0.2, 0) is 4.79 Å². The predicted octanol–water partition coefficient (Wildman–Crippen LogP) is 2.92. The molecule has 1 aromatic carbocycles. The van der Waals surface area contributed by atoms with E-state index in [2.05, 4.69) is 10.3 Å². The first-order chi connectivity index (χ1) is 10.1. The number of ketones is 1. The summed E-state index contributed by atoms with van der Waals surface area (Å²) in [6.45, 7) is 0. The summed E-state index contributed by atoms with van der Waals surface area (Å²) in [5.41, 5.74) is 1.19. The molecule has 6 heteroatoms. The molecular weight excluding hydrogens is 288 g/mol. The minimum atomic E-state index is -0.0290. The number of nitrogens with one attached hydrogen (secondary N) is 1. The number of allylic oxidation sites excluding steroid dienone is 1. The van der Waals surface area contributed by atoms with Gasteiger partial charge in [0.05, 0.1) is 11.7 Å². The van der Waals surface area contributed by atoms with E-state index >= 15 is 0 Å². The zero-order chi connectivity index (χ0) is 14.8. The van der Waals surface area contributed by atoms with Gasteiger partial charge >= 0.3 is 0 Å². The van der Waals surface area contributed by atoms with Crippen molar-refractivity contribution in [2.45, 2.75) is 18.9 Å². The molecule has 0 spiro atoms. The number of aromatic nitrogens is 1. The van der Waals surface area contributed by atoms with E-state index in [1.54, 1.807) is 6.07 Å². The molecule has 1 unspecified atom stereocenters. The number of rotatable bonds is 3. The number of anilines is 1. The van der Waals surface area contributed by atoms with Crippen molar-refractivity contribution in [1.29, 1.82) is 0 Å². The number of hydrogen-bond acceptors (Lipinski definition) is 6. The van der Waals surface area contributed by atoms with Gasteiger partial charge in [0, 0.05) is 29.9 Å². The molecule has 1 heterocycles. The summed E-state index contributed by atoms with van der Waals surface area (Å²) in [6, 6.07) is 4.38. The Balaban J connectivity index is 1.78. The number of phenols is 2. The van der Waals surface area contributed by atoms with E-state index in [0.717, 1.165) is 0 Å². The second-order valence-electron chi connectivity index (χ2n) is 4.87. The first-order valence-corrected chi connectivity index (χ1v) is 7.42. The molecule has 0 saturated heterocycles. The highest BCUT2D eigenvalue weighted by Gasteiger charge is 2.16. The molecular formula is C15H14N2O3S. The maximum absolute atomic E-state index is 11.4. The molecule has 2 aromatic rings. The van der Waals surface area contributed by atoms with Crippen molar-refractivity contribution >= 4 is 22.3 Å². The van der Waals surface area contributed by atoms with Crippen LogP contribution in [0.15, 0.2) is 35.7 Å². The zero-order valence-corrected chi connectivity index (χ0v) is 11.9. The molecule has 0 radical (unpaired) electrons. The van der Waals surface area contributed by atoms with E-state index < -0.39 is 0 Å². The Morgan fingerprint density at radius 3 is 2.95 bits per heavy atom. The molecule has 1 aromatic heterocycles. The summed E-state index contributed by atoms with van der Waals surface area (Å²) in [5.74, 6) is 0.207. The molecule has 0 aliphatic heterocycles. The van der Waals surface area contributed by atoms with Gasteiger partial charge in [0.15, 0.2) is 5.13 Å². The minimum absolute atomic E-state index is 0.00989. The third-order valence-electron chi connectivity index (χ3n) is 3.23. The SMILES string of the molecule is O=C1CC=CC(Nc2nc(-c3ccc(O)cc3O)cs2)C1. The fraction of sp³-hybridized carbons (Fsp3) is 0.200. The van der Waals surface area contributed by atoms with Crippen molar-refractivity contribution in [3.8, 4) is 22.8 Å². The van der Waals surface area contributed by atoms with E-state index in [1.165, 1.54) is 23.5 Å². The maximum Gasteiger partial charge on any atom is 0.183 e. The van der Waals surface area contributed by atoms with Crippen LogP contribution in [0.4, 0.5) is 5.13 Å². The Bertz CT molecular complexity index is 709. The number of benzene rings is 1. The van der Waals surface area contributed by atoms with Crippen LogP contribution in [0.3, 0.4) is 0 Å². The second-order valence-corrected chi connectivity index (χ2v) is 5.72. The topological polar surface area (TPSA) is 82.5 Å². The van der Waals surface area contributed by atoms with E-state index in [9.17, 15) is 15.0 Å². The van der Waals surface area contributed by atoms with Crippen molar-refractivity contribution in [2.24, 2.45) is 0 Å². The van der Waals surface area contributed by atoms with Gasteiger partial charge in [0.1, 0.15) is 17.3 Å². The normalized spacial score (nSPS) is 17.9. The summed E-state index contributed by atoms with van der Waals surface area (Å²) < 4.78 is 0. The van der Waals surface area contributed by atoms with Gasteiger partial charge in [-0.05, 0) is 12.1 Å². The molecule has 21 heavy (non-hydrogen) atoms. The molecule has 0 saturated carbocycles. The summed E-state index contributed by atoms with van der Waals surface area (Å²) in [6.07, 6.45) is 4.81. The highest BCUT2D eigenvalue weighted by atomic mass is 32.1. The Hall–Kier alpha value is -2.34. The van der Waals surface area contributed by atoms with Gasteiger partial charge < -0.3 is 15.5 Å². The number of carbonyl (C=O) groups is 1. The summed E-state index contributed by atoms with van der Waals surface area (Å²) in [5, 5.41) is 24.9. The quantitative estimate of drug-likeness (QED) is 0.759. The molecule has 0 amide bonds. The fourth-order valence-corrected chi connectivity index (χ4v) is 2.99. The van der Waals surface area contributed by atoms with Crippen LogP contribution in [0.5, 0.6) is 11.5 Å². The third-order valence-corrected chi connectivity index (χ3v) is 4.01. The average Bonchev–Trinajstić information content (AvgIpc) is 2.87. The monoisotopic (exact) mass is 302 g/mol. The van der Waals surface area contributed by atoms with Gasteiger partial charge in [0.25, 0.3) is 0 Å². The van der Waals surface area contributed by atoms with Gasteiger partial charge in [0.2, 0.25) is 0 Å². The number of carbonyl (C=O) groups excluding carboxylic acids is 1. The molecule has 1 aliphatic rings. The van der Waals surface area contributed by atoms with Crippen LogP contribution in [0.1, 0.15) is 12.8 Å². The molecule has 5 nitrogen and oxygen atoms in total. The number of Topliss-reactive ketones (excluding diaryl/α,β-unsaturated/α-hetero) is 1.